The summed E-state index contributed by atoms with van der Waals surface area (Å²) in [7, 11) is 0. The maximum absolute atomic E-state index is 15.0. The number of nitrogens with two attached hydrogens (primary N) is 1. The van der Waals surface area contributed by atoms with Crippen molar-refractivity contribution in [3.05, 3.63) is 110 Å². The number of piperidine rings is 1. The molecule has 4 atom stereocenters. The number of morpholine rings is 1. The molecule has 424 valence electrons. The number of likely N-dealkylation sites (tertiary alicyclic amines) is 2. The number of thiazole rings is 1. The predicted molar refractivity (Wildman–Crippen MR) is 317 cm³/mol. The van der Waals surface area contributed by atoms with Crippen molar-refractivity contribution in [3.63, 3.8) is 0 Å². The summed E-state index contributed by atoms with van der Waals surface area (Å²) in [6.45, 7) is 8.71. The summed E-state index contributed by atoms with van der Waals surface area (Å²) in [6, 6.07) is 19.4. The summed E-state index contributed by atoms with van der Waals surface area (Å²) in [6.07, 6.45) is 17.8. The van der Waals surface area contributed by atoms with Crippen molar-refractivity contribution >= 4 is 57.6 Å². The molecule has 0 radical (unpaired) electrons. The summed E-state index contributed by atoms with van der Waals surface area (Å²) in [5, 5.41) is 19.8. The normalized spacial score (nSPS) is 25.0. The number of aliphatic imine (C=N–C) groups is 1. The smallest absolute Gasteiger partial charge is 0.282 e. The molecule has 15 nitrogen and oxygen atoms in total. The van der Waals surface area contributed by atoms with Crippen LogP contribution in [0.4, 0.5) is 0 Å². The fraction of sp³-hybridized carbons (Fsp3) is 0.571. The van der Waals surface area contributed by atoms with E-state index in [4.69, 9.17) is 32.2 Å². The Balaban J connectivity index is 0.679. The number of amides is 2. The maximum atomic E-state index is 15.0. The Morgan fingerprint density at radius 3 is 2.40 bits per heavy atom. The number of hydrogen-bond donors (Lipinski definition) is 3. The first-order valence-electron chi connectivity index (χ1n) is 30.0. The Hall–Kier alpha value is -5.36. The van der Waals surface area contributed by atoms with Crippen molar-refractivity contribution in [2.24, 2.45) is 33.7 Å². The molecule has 12 rings (SSSR count). The molecule has 1 spiro atoms. The van der Waals surface area contributed by atoms with Crippen LogP contribution in [0.25, 0.3) is 27.0 Å². The van der Waals surface area contributed by atoms with E-state index in [-0.39, 0.29) is 53.6 Å². The second kappa shape index (κ2) is 24.2. The molecular formula is C63H79ClN10O5S. The molecular weight excluding hydrogens is 1040 g/mol. The lowest BCUT2D eigenvalue weighted by atomic mass is 9.69. The zero-order valence-corrected chi connectivity index (χ0v) is 48.0. The van der Waals surface area contributed by atoms with Crippen LogP contribution < -0.4 is 16.7 Å². The third-order valence-corrected chi connectivity index (χ3v) is 20.8. The quantitative estimate of drug-likeness (QED) is 0.0550. The van der Waals surface area contributed by atoms with Crippen molar-refractivity contribution < 1.29 is 19.4 Å². The molecule has 0 bridgehead atoms. The van der Waals surface area contributed by atoms with Crippen LogP contribution in [0.3, 0.4) is 0 Å². The molecule has 5 aromatic rings. The molecule has 3 aromatic carbocycles. The van der Waals surface area contributed by atoms with Crippen molar-refractivity contribution in [1.82, 2.24) is 34.6 Å². The van der Waals surface area contributed by atoms with Gasteiger partial charge in [0, 0.05) is 51.3 Å². The average molecular weight is 1120 g/mol. The molecule has 3 saturated carbocycles. The second-order valence-electron chi connectivity index (χ2n) is 24.4. The Morgan fingerprint density at radius 1 is 0.925 bits per heavy atom. The summed E-state index contributed by atoms with van der Waals surface area (Å²) in [5.74, 6) is 7.84. The number of aromatic nitrogens is 3. The van der Waals surface area contributed by atoms with Gasteiger partial charge in [-0.25, -0.2) is 4.98 Å². The highest BCUT2D eigenvalue weighted by atomic mass is 35.5. The Labute approximate surface area is 479 Å². The predicted octanol–water partition coefficient (Wildman–Crippen LogP) is 9.51. The van der Waals surface area contributed by atoms with Crippen LogP contribution in [-0.4, -0.2) is 135 Å². The van der Waals surface area contributed by atoms with Gasteiger partial charge in [0.05, 0.1) is 74.2 Å². The standard InChI is InChI=1S/C63H79ClN10O5S/c1-40-58(80-39-67-40)46-19-17-44(18-20-46)52(38-72-29-31-79-32-30-72)68-59(76)55-34-48(75)37-73(55)61(78)57(45-9-4-2-5-10-45)66-35-51(70-65)43-15-13-41(14-16-43)36-71-27-23-42(24-28-71)47-21-22-49-54(33-47)74-53-12-8-11-50(64)56(53)60(77)69-62(74)63(49)25-6-3-7-26-63/h8,11-12,17-22,33,35,39,41-43,45,48,52,55,57,75H,2-7,9-10,13-16,23-32,34,36-38,65H2,1H3,(H,68,76)/b66-35?,70-51+/t41?,43?,48-,52+,55+,57+/m1/s1. The number of hydrogen-bond acceptors (Lipinski definition) is 13. The number of hydrazone groups is 1. The number of ether oxygens (including phenoxy) is 1. The summed E-state index contributed by atoms with van der Waals surface area (Å²) >= 11 is 8.28. The molecule has 4 aliphatic heterocycles. The summed E-state index contributed by atoms with van der Waals surface area (Å²) < 4.78 is 7.93. The number of aryl methyl sites for hydroxylation is 1. The number of nitrogens with one attached hydrogen (secondary N) is 1. The van der Waals surface area contributed by atoms with E-state index in [0.29, 0.717) is 42.0 Å². The minimum Gasteiger partial charge on any atom is -0.391 e. The lowest BCUT2D eigenvalue weighted by Crippen LogP contribution is -2.52. The average Bonchev–Trinajstić information content (AvgIpc) is 4.28. The Bertz CT molecular complexity index is 3150. The molecule has 0 unspecified atom stereocenters. The fourth-order valence-electron chi connectivity index (χ4n) is 15.1. The topological polar surface area (TPSA) is 184 Å². The van der Waals surface area contributed by atoms with Crippen LogP contribution in [0.1, 0.15) is 149 Å². The number of halogens is 1. The Kier molecular flexibility index (Phi) is 16.7. The van der Waals surface area contributed by atoms with Crippen molar-refractivity contribution in [1.29, 1.82) is 0 Å². The van der Waals surface area contributed by atoms with Crippen LogP contribution in [-0.2, 0) is 19.7 Å². The number of benzene rings is 3. The van der Waals surface area contributed by atoms with Gasteiger partial charge in [-0.3, -0.25) is 28.8 Å². The number of fused-ring (bicyclic) bond motifs is 7. The number of β-amino-alcohol motifs (C(OH)–C–C–N with tert-alkyl or cyclic N) is 1. The minimum absolute atomic E-state index is 0.0278. The summed E-state index contributed by atoms with van der Waals surface area (Å²) in [4.78, 5) is 65.2. The van der Waals surface area contributed by atoms with E-state index in [2.05, 4.69) is 72.2 Å². The van der Waals surface area contributed by atoms with Gasteiger partial charge in [-0.05, 0) is 142 Å². The first-order chi connectivity index (χ1) is 39.0. The molecule has 6 fully saturated rings. The molecule has 17 heteroatoms. The van der Waals surface area contributed by atoms with Crippen molar-refractivity contribution in [2.75, 3.05) is 59.0 Å². The van der Waals surface area contributed by atoms with Gasteiger partial charge in [0.25, 0.3) is 5.56 Å². The molecule has 6 heterocycles. The molecule has 7 aliphatic rings. The lowest BCUT2D eigenvalue weighted by molar-refractivity contribution is -0.141. The van der Waals surface area contributed by atoms with Gasteiger partial charge >= 0.3 is 0 Å². The van der Waals surface area contributed by atoms with Crippen LogP contribution in [0.5, 0.6) is 0 Å². The van der Waals surface area contributed by atoms with Gasteiger partial charge in [0.1, 0.15) is 17.9 Å². The van der Waals surface area contributed by atoms with Crippen LogP contribution in [0.2, 0.25) is 5.02 Å². The maximum Gasteiger partial charge on any atom is 0.282 e. The zero-order chi connectivity index (χ0) is 54.9. The highest BCUT2D eigenvalue weighted by Gasteiger charge is 2.47. The van der Waals surface area contributed by atoms with Gasteiger partial charge < -0.3 is 30.8 Å². The highest BCUT2D eigenvalue weighted by molar-refractivity contribution is 7.13. The van der Waals surface area contributed by atoms with Gasteiger partial charge in [-0.15, -0.1) is 11.3 Å². The van der Waals surface area contributed by atoms with E-state index in [1.807, 2.05) is 24.6 Å². The second-order valence-corrected chi connectivity index (χ2v) is 25.6. The first-order valence-corrected chi connectivity index (χ1v) is 31.3. The van der Waals surface area contributed by atoms with Crippen molar-refractivity contribution in [3.8, 4) is 16.1 Å². The lowest BCUT2D eigenvalue weighted by Gasteiger charge is -2.37. The van der Waals surface area contributed by atoms with Crippen molar-refractivity contribution in [2.45, 2.75) is 152 Å². The fourth-order valence-corrected chi connectivity index (χ4v) is 16.2. The van der Waals surface area contributed by atoms with Gasteiger partial charge in [-0.1, -0.05) is 92.6 Å². The molecule has 3 aliphatic carbocycles. The summed E-state index contributed by atoms with van der Waals surface area (Å²) in [5.41, 5.74) is 9.89. The van der Waals surface area contributed by atoms with Crippen LogP contribution in [0, 0.1) is 24.7 Å². The van der Waals surface area contributed by atoms with E-state index in [1.165, 1.54) is 23.2 Å². The number of aliphatic hydroxyl groups is 1. The molecule has 4 N–H and O–H groups in total. The van der Waals surface area contributed by atoms with Gasteiger partial charge in [0.2, 0.25) is 11.8 Å². The first kappa shape index (κ1) is 55.2. The molecule has 3 saturated heterocycles. The molecule has 2 amide bonds. The largest absolute Gasteiger partial charge is 0.391 e. The van der Waals surface area contributed by atoms with E-state index in [1.54, 1.807) is 28.5 Å². The molecule has 2 aromatic heterocycles. The number of rotatable bonds is 14. The van der Waals surface area contributed by atoms with Crippen LogP contribution in [0.15, 0.2) is 81.1 Å². The minimum atomic E-state index is -0.826. The van der Waals surface area contributed by atoms with Gasteiger partial charge in [0.15, 0.2) is 0 Å². The third-order valence-electron chi connectivity index (χ3n) is 19.5. The molecule has 80 heavy (non-hydrogen) atoms. The monoisotopic (exact) mass is 1120 g/mol. The number of aliphatic hydroxyl groups excluding tert-OH is 1. The van der Waals surface area contributed by atoms with E-state index >= 15 is 0 Å². The Morgan fingerprint density at radius 2 is 1.68 bits per heavy atom. The van der Waals surface area contributed by atoms with Crippen LogP contribution >= 0.6 is 22.9 Å². The van der Waals surface area contributed by atoms with Gasteiger partial charge in [-0.2, -0.15) is 10.1 Å². The SMILES string of the molecule is Cc1ncsc1-c1ccc([C@H](CN2CCOCC2)NC(=O)[C@@H]2C[C@@H](O)CN2C(=O)[C@@H](N=C/C(=N\N)C2CCC(CN3CCC(c4ccc5c(c4)-n4c(nc(=O)c6c(Cl)cccc64)C54CCCCC4)CC3)CC2)C2CCCCC2)cc1. The number of carbonyl (C=O) groups is 2. The number of nitrogens with zero attached hydrogens (tertiary/aromatic N) is 8. The zero-order valence-electron chi connectivity index (χ0n) is 46.5. The van der Waals surface area contributed by atoms with E-state index in [9.17, 15) is 19.5 Å². The van der Waals surface area contributed by atoms with E-state index in [0.717, 1.165) is 168 Å². The third kappa shape index (κ3) is 11.2. The number of carbonyl (C=O) groups excluding carboxylic acids is 2. The highest BCUT2D eigenvalue weighted by Crippen LogP contribution is 2.52. The van der Waals surface area contributed by atoms with E-state index < -0.39 is 18.2 Å².